The second kappa shape index (κ2) is 9.13. The zero-order chi connectivity index (χ0) is 19.1. The lowest BCUT2D eigenvalue weighted by molar-refractivity contribution is -0.117. The Kier molecular flexibility index (Phi) is 6.89. The van der Waals surface area contributed by atoms with Crippen LogP contribution in [0.3, 0.4) is 0 Å². The SMILES string of the molecule is CCc1cccc(CC)c1NC(=O)CCN(C(C)=O)c1cccc(F)c1. The molecule has 2 aromatic carbocycles. The van der Waals surface area contributed by atoms with Gasteiger partial charge in [0.1, 0.15) is 5.82 Å². The number of nitrogens with one attached hydrogen (secondary N) is 1. The summed E-state index contributed by atoms with van der Waals surface area (Å²) in [4.78, 5) is 25.8. The minimum absolute atomic E-state index is 0.136. The number of hydrogen-bond donors (Lipinski definition) is 1. The summed E-state index contributed by atoms with van der Waals surface area (Å²) >= 11 is 0. The van der Waals surface area contributed by atoms with Gasteiger partial charge in [0.2, 0.25) is 11.8 Å². The zero-order valence-electron chi connectivity index (χ0n) is 15.5. The van der Waals surface area contributed by atoms with E-state index in [-0.39, 0.29) is 24.8 Å². The first-order valence-electron chi connectivity index (χ1n) is 8.90. The topological polar surface area (TPSA) is 49.4 Å². The van der Waals surface area contributed by atoms with Gasteiger partial charge in [0.15, 0.2) is 0 Å². The number of nitrogens with zero attached hydrogens (tertiary/aromatic N) is 1. The molecule has 0 radical (unpaired) electrons. The molecule has 0 fully saturated rings. The Morgan fingerprint density at radius 3 is 2.19 bits per heavy atom. The van der Waals surface area contributed by atoms with Crippen LogP contribution >= 0.6 is 0 Å². The number of carbonyl (C=O) groups excluding carboxylic acids is 2. The van der Waals surface area contributed by atoms with E-state index in [1.54, 1.807) is 12.1 Å². The fourth-order valence-electron chi connectivity index (χ4n) is 2.93. The van der Waals surface area contributed by atoms with E-state index in [9.17, 15) is 14.0 Å². The Morgan fingerprint density at radius 1 is 1.04 bits per heavy atom. The number of rotatable bonds is 7. The van der Waals surface area contributed by atoms with Crippen LogP contribution in [-0.2, 0) is 22.4 Å². The summed E-state index contributed by atoms with van der Waals surface area (Å²) in [6, 6.07) is 11.8. The van der Waals surface area contributed by atoms with Crippen molar-refractivity contribution in [2.24, 2.45) is 0 Å². The molecule has 0 saturated heterocycles. The third-order valence-corrected chi connectivity index (χ3v) is 4.33. The number of anilines is 2. The Labute approximate surface area is 154 Å². The normalized spacial score (nSPS) is 10.5. The van der Waals surface area contributed by atoms with Gasteiger partial charge in [-0.2, -0.15) is 0 Å². The van der Waals surface area contributed by atoms with Gasteiger partial charge in [0, 0.05) is 31.3 Å². The van der Waals surface area contributed by atoms with Crippen LogP contribution in [0.1, 0.15) is 38.3 Å². The molecule has 0 aliphatic heterocycles. The van der Waals surface area contributed by atoms with Crippen molar-refractivity contribution in [3.63, 3.8) is 0 Å². The van der Waals surface area contributed by atoms with Crippen LogP contribution in [0.15, 0.2) is 42.5 Å². The number of benzene rings is 2. The van der Waals surface area contributed by atoms with Gasteiger partial charge in [-0.3, -0.25) is 9.59 Å². The first-order chi connectivity index (χ1) is 12.5. The fourth-order valence-corrected chi connectivity index (χ4v) is 2.93. The molecule has 0 unspecified atom stereocenters. The summed E-state index contributed by atoms with van der Waals surface area (Å²) in [7, 11) is 0. The number of amides is 2. The van der Waals surface area contributed by atoms with E-state index in [2.05, 4.69) is 5.32 Å². The molecule has 4 nitrogen and oxygen atoms in total. The lowest BCUT2D eigenvalue weighted by atomic mass is 10.0. The molecule has 1 N–H and O–H groups in total. The average Bonchev–Trinajstić information content (AvgIpc) is 2.61. The molecule has 0 aliphatic carbocycles. The minimum Gasteiger partial charge on any atom is -0.326 e. The van der Waals surface area contributed by atoms with Gasteiger partial charge in [-0.25, -0.2) is 4.39 Å². The summed E-state index contributed by atoms with van der Waals surface area (Å²) < 4.78 is 13.4. The van der Waals surface area contributed by atoms with Crippen LogP contribution < -0.4 is 10.2 Å². The molecule has 0 spiro atoms. The molecular formula is C21H25FN2O2. The number of aryl methyl sites for hydroxylation is 2. The molecule has 0 saturated carbocycles. The van der Waals surface area contributed by atoms with Gasteiger partial charge < -0.3 is 10.2 Å². The van der Waals surface area contributed by atoms with Gasteiger partial charge in [-0.1, -0.05) is 38.1 Å². The number of carbonyl (C=O) groups is 2. The van der Waals surface area contributed by atoms with Crippen molar-refractivity contribution in [3.8, 4) is 0 Å². The summed E-state index contributed by atoms with van der Waals surface area (Å²) in [5.74, 6) is -0.808. The second-order valence-corrected chi connectivity index (χ2v) is 6.11. The molecule has 5 heteroatoms. The van der Waals surface area contributed by atoms with Gasteiger partial charge >= 0.3 is 0 Å². The molecule has 138 valence electrons. The van der Waals surface area contributed by atoms with Crippen molar-refractivity contribution < 1.29 is 14.0 Å². The van der Waals surface area contributed by atoms with Crippen LogP contribution in [0.2, 0.25) is 0 Å². The fraction of sp³-hybridized carbons (Fsp3) is 0.333. The first-order valence-corrected chi connectivity index (χ1v) is 8.90. The van der Waals surface area contributed by atoms with E-state index >= 15 is 0 Å². The van der Waals surface area contributed by atoms with Crippen LogP contribution in [-0.4, -0.2) is 18.4 Å². The van der Waals surface area contributed by atoms with E-state index in [0.717, 1.165) is 29.7 Å². The molecular weight excluding hydrogens is 331 g/mol. The Morgan fingerprint density at radius 2 is 1.65 bits per heavy atom. The highest BCUT2D eigenvalue weighted by atomic mass is 19.1. The quantitative estimate of drug-likeness (QED) is 0.803. The highest BCUT2D eigenvalue weighted by molar-refractivity contribution is 5.95. The summed E-state index contributed by atoms with van der Waals surface area (Å²) in [6.07, 6.45) is 1.79. The van der Waals surface area contributed by atoms with Crippen molar-refractivity contribution in [1.29, 1.82) is 0 Å². The smallest absolute Gasteiger partial charge is 0.226 e. The minimum atomic E-state index is -0.414. The van der Waals surface area contributed by atoms with Gasteiger partial charge in [-0.15, -0.1) is 0 Å². The number of para-hydroxylation sites is 1. The van der Waals surface area contributed by atoms with Crippen molar-refractivity contribution in [2.75, 3.05) is 16.8 Å². The Balaban J connectivity index is 2.09. The van der Waals surface area contributed by atoms with Gasteiger partial charge in [0.05, 0.1) is 0 Å². The summed E-state index contributed by atoms with van der Waals surface area (Å²) in [5.41, 5.74) is 3.49. The maximum Gasteiger partial charge on any atom is 0.226 e. The largest absolute Gasteiger partial charge is 0.326 e. The lowest BCUT2D eigenvalue weighted by Gasteiger charge is -2.21. The van der Waals surface area contributed by atoms with Crippen LogP contribution in [0.25, 0.3) is 0 Å². The van der Waals surface area contributed by atoms with Crippen LogP contribution in [0.5, 0.6) is 0 Å². The van der Waals surface area contributed by atoms with E-state index in [0.29, 0.717) is 5.69 Å². The van der Waals surface area contributed by atoms with Crippen LogP contribution in [0, 0.1) is 5.82 Å². The highest BCUT2D eigenvalue weighted by Crippen LogP contribution is 2.23. The molecule has 2 aromatic rings. The molecule has 0 bridgehead atoms. The van der Waals surface area contributed by atoms with E-state index in [1.165, 1.54) is 24.0 Å². The number of hydrogen-bond acceptors (Lipinski definition) is 2. The molecule has 2 rings (SSSR count). The van der Waals surface area contributed by atoms with Crippen molar-refractivity contribution in [1.82, 2.24) is 0 Å². The predicted octanol–water partition coefficient (Wildman–Crippen LogP) is 4.33. The molecule has 26 heavy (non-hydrogen) atoms. The van der Waals surface area contributed by atoms with Crippen molar-refractivity contribution in [3.05, 3.63) is 59.4 Å². The van der Waals surface area contributed by atoms with Gasteiger partial charge in [0.25, 0.3) is 0 Å². The monoisotopic (exact) mass is 356 g/mol. The maximum absolute atomic E-state index is 13.4. The summed E-state index contributed by atoms with van der Waals surface area (Å²) in [6.45, 7) is 5.70. The molecule has 0 aromatic heterocycles. The van der Waals surface area contributed by atoms with E-state index in [4.69, 9.17) is 0 Å². The molecule has 0 atom stereocenters. The van der Waals surface area contributed by atoms with Gasteiger partial charge in [-0.05, 0) is 42.2 Å². The van der Waals surface area contributed by atoms with Crippen LogP contribution in [0.4, 0.5) is 15.8 Å². The zero-order valence-corrected chi connectivity index (χ0v) is 15.5. The Bertz CT molecular complexity index is 767. The predicted molar refractivity (Wildman–Crippen MR) is 103 cm³/mol. The molecule has 0 heterocycles. The molecule has 0 aliphatic rings. The highest BCUT2D eigenvalue weighted by Gasteiger charge is 2.15. The molecule has 2 amide bonds. The van der Waals surface area contributed by atoms with E-state index < -0.39 is 5.82 Å². The Hall–Kier alpha value is -2.69. The van der Waals surface area contributed by atoms with Crippen molar-refractivity contribution >= 4 is 23.2 Å². The third kappa shape index (κ3) is 4.91. The standard InChI is InChI=1S/C21H25FN2O2/c1-4-16-8-6-9-17(5-2)21(16)23-20(26)12-13-24(15(3)25)19-11-7-10-18(22)14-19/h6-11,14H,4-5,12-13H2,1-3H3,(H,23,26). The first kappa shape index (κ1) is 19.6. The maximum atomic E-state index is 13.4. The number of halogens is 1. The second-order valence-electron chi connectivity index (χ2n) is 6.11. The lowest BCUT2D eigenvalue weighted by Crippen LogP contribution is -2.32. The van der Waals surface area contributed by atoms with Crippen molar-refractivity contribution in [2.45, 2.75) is 40.0 Å². The average molecular weight is 356 g/mol. The third-order valence-electron chi connectivity index (χ3n) is 4.33. The van der Waals surface area contributed by atoms with E-state index in [1.807, 2.05) is 32.0 Å². The summed E-state index contributed by atoms with van der Waals surface area (Å²) in [5, 5.41) is 2.99.